The Labute approximate surface area is 186 Å². The first-order chi connectivity index (χ1) is 15.7. The minimum absolute atomic E-state index is 0.0149. The Bertz CT molecular complexity index is 1410. The van der Waals surface area contributed by atoms with E-state index < -0.39 is 29.7 Å². The second-order valence-corrected chi connectivity index (χ2v) is 7.49. The van der Waals surface area contributed by atoms with E-state index in [1.807, 2.05) is 0 Å². The Balaban J connectivity index is 1.84. The molecule has 0 bridgehead atoms. The van der Waals surface area contributed by atoms with Gasteiger partial charge in [-0.1, -0.05) is 30.3 Å². The molecule has 0 saturated heterocycles. The highest BCUT2D eigenvalue weighted by Gasteiger charge is 2.19. The lowest BCUT2D eigenvalue weighted by Gasteiger charge is -2.19. The van der Waals surface area contributed by atoms with E-state index in [9.17, 15) is 27.9 Å². The Morgan fingerprint density at radius 1 is 1.03 bits per heavy atom. The number of carbonyl (C=O) groups is 1. The molecule has 1 heterocycles. The molecule has 0 aliphatic rings. The molecule has 5 nitrogen and oxygen atoms in total. The van der Waals surface area contributed by atoms with Gasteiger partial charge in [-0.2, -0.15) is 0 Å². The predicted molar refractivity (Wildman–Crippen MR) is 118 cm³/mol. The minimum Gasteiger partial charge on any atom is -0.478 e. The molecule has 1 atom stereocenters. The van der Waals surface area contributed by atoms with E-state index in [0.29, 0.717) is 5.69 Å². The number of benzene rings is 3. The van der Waals surface area contributed by atoms with Crippen molar-refractivity contribution in [1.82, 2.24) is 0 Å². The number of halogens is 3. The van der Waals surface area contributed by atoms with Gasteiger partial charge in [0.2, 0.25) is 0 Å². The molecule has 0 aliphatic heterocycles. The SMILES string of the molecule is C[C@@H](Nc1ccccc1C(=O)O)c1cc(F)cc2c(=O)cc(-c3cccc(C(F)F)c3)oc12. The van der Waals surface area contributed by atoms with E-state index in [2.05, 4.69) is 5.32 Å². The quantitative estimate of drug-likeness (QED) is 0.353. The number of fused-ring (bicyclic) bond motifs is 1. The summed E-state index contributed by atoms with van der Waals surface area (Å²) >= 11 is 0. The number of para-hydroxylation sites is 1. The molecular formula is C25H18F3NO4. The number of carboxylic acids is 1. The Hall–Kier alpha value is -4.07. The van der Waals surface area contributed by atoms with Gasteiger partial charge in [0.15, 0.2) is 5.43 Å². The van der Waals surface area contributed by atoms with Crippen molar-refractivity contribution in [3.8, 4) is 11.3 Å². The summed E-state index contributed by atoms with van der Waals surface area (Å²) in [7, 11) is 0. The van der Waals surface area contributed by atoms with Gasteiger partial charge in [0.05, 0.1) is 17.0 Å². The van der Waals surface area contributed by atoms with Crippen LogP contribution in [0.15, 0.2) is 75.9 Å². The summed E-state index contributed by atoms with van der Waals surface area (Å²) in [6.45, 7) is 1.66. The van der Waals surface area contributed by atoms with Gasteiger partial charge in [0, 0.05) is 28.4 Å². The van der Waals surface area contributed by atoms with Gasteiger partial charge in [0.25, 0.3) is 6.43 Å². The molecule has 0 unspecified atom stereocenters. The Morgan fingerprint density at radius 3 is 2.52 bits per heavy atom. The molecule has 0 amide bonds. The fourth-order valence-corrected chi connectivity index (χ4v) is 3.65. The number of anilines is 1. The van der Waals surface area contributed by atoms with E-state index in [1.54, 1.807) is 25.1 Å². The highest BCUT2D eigenvalue weighted by Crippen LogP contribution is 2.32. The summed E-state index contributed by atoms with van der Waals surface area (Å²) in [5.74, 6) is -1.75. The zero-order chi connectivity index (χ0) is 23.7. The molecule has 3 aromatic carbocycles. The fraction of sp³-hybridized carbons (Fsp3) is 0.120. The summed E-state index contributed by atoms with van der Waals surface area (Å²) in [6.07, 6.45) is -2.69. The smallest absolute Gasteiger partial charge is 0.337 e. The van der Waals surface area contributed by atoms with E-state index >= 15 is 0 Å². The maximum absolute atomic E-state index is 14.4. The van der Waals surface area contributed by atoms with Crippen molar-refractivity contribution in [2.45, 2.75) is 19.4 Å². The molecule has 0 saturated carbocycles. The molecule has 8 heteroatoms. The fourth-order valence-electron chi connectivity index (χ4n) is 3.65. The molecule has 2 N–H and O–H groups in total. The van der Waals surface area contributed by atoms with Crippen molar-refractivity contribution >= 4 is 22.6 Å². The van der Waals surface area contributed by atoms with Gasteiger partial charge in [0.1, 0.15) is 17.2 Å². The van der Waals surface area contributed by atoms with Crippen LogP contribution in [0.1, 0.15) is 40.9 Å². The highest BCUT2D eigenvalue weighted by atomic mass is 19.3. The molecule has 168 valence electrons. The summed E-state index contributed by atoms with van der Waals surface area (Å²) in [5, 5.41) is 12.4. The number of hydrogen-bond donors (Lipinski definition) is 2. The Morgan fingerprint density at radius 2 is 1.79 bits per heavy atom. The van der Waals surface area contributed by atoms with Crippen molar-refractivity contribution in [3.05, 3.63) is 99.5 Å². The van der Waals surface area contributed by atoms with Crippen LogP contribution in [0.2, 0.25) is 0 Å². The van der Waals surface area contributed by atoms with Crippen molar-refractivity contribution in [2.24, 2.45) is 0 Å². The molecule has 0 radical (unpaired) electrons. The monoisotopic (exact) mass is 453 g/mol. The van der Waals surface area contributed by atoms with Crippen LogP contribution in [-0.4, -0.2) is 11.1 Å². The van der Waals surface area contributed by atoms with Crippen LogP contribution in [-0.2, 0) is 0 Å². The second-order valence-electron chi connectivity index (χ2n) is 7.49. The van der Waals surface area contributed by atoms with Crippen molar-refractivity contribution < 1.29 is 27.5 Å². The third-order valence-electron chi connectivity index (χ3n) is 5.24. The average Bonchev–Trinajstić information content (AvgIpc) is 2.79. The summed E-state index contributed by atoms with van der Waals surface area (Å²) in [4.78, 5) is 24.3. The number of rotatable bonds is 6. The highest BCUT2D eigenvalue weighted by molar-refractivity contribution is 5.94. The van der Waals surface area contributed by atoms with Crippen LogP contribution in [0.3, 0.4) is 0 Å². The standard InChI is InChI=1S/C25H18F3NO4/c1-13(29-20-8-3-2-7-17(20)25(31)32)18-10-16(26)11-19-21(30)12-22(33-23(18)19)14-5-4-6-15(9-14)24(27)28/h2-13,24,29H,1H3,(H,31,32)/t13-/m1/s1. The van der Waals surface area contributed by atoms with Crippen LogP contribution in [0.5, 0.6) is 0 Å². The van der Waals surface area contributed by atoms with Crippen LogP contribution in [0.25, 0.3) is 22.3 Å². The lowest BCUT2D eigenvalue weighted by Crippen LogP contribution is -2.12. The van der Waals surface area contributed by atoms with E-state index in [1.165, 1.54) is 36.4 Å². The van der Waals surface area contributed by atoms with Crippen molar-refractivity contribution in [3.63, 3.8) is 0 Å². The predicted octanol–water partition coefficient (Wildman–Crippen LogP) is 6.41. The van der Waals surface area contributed by atoms with E-state index in [0.717, 1.165) is 12.1 Å². The maximum atomic E-state index is 14.4. The molecule has 1 aromatic heterocycles. The lowest BCUT2D eigenvalue weighted by atomic mass is 10.0. The summed E-state index contributed by atoms with van der Waals surface area (Å²) in [6, 6.07) is 14.4. The largest absolute Gasteiger partial charge is 0.478 e. The lowest BCUT2D eigenvalue weighted by molar-refractivity contribution is 0.0698. The molecule has 4 aromatic rings. The second kappa shape index (κ2) is 8.82. The van der Waals surface area contributed by atoms with Gasteiger partial charge >= 0.3 is 5.97 Å². The molecule has 4 rings (SSSR count). The van der Waals surface area contributed by atoms with Crippen LogP contribution < -0.4 is 10.7 Å². The van der Waals surface area contributed by atoms with E-state index in [4.69, 9.17) is 4.42 Å². The Kier molecular flexibility index (Phi) is 5.91. The number of alkyl halides is 2. The summed E-state index contributed by atoms with van der Waals surface area (Å²) in [5.41, 5.74) is 0.193. The first-order valence-corrected chi connectivity index (χ1v) is 9.99. The zero-order valence-corrected chi connectivity index (χ0v) is 17.3. The first kappa shape index (κ1) is 22.1. The molecule has 33 heavy (non-hydrogen) atoms. The van der Waals surface area contributed by atoms with Gasteiger partial charge in [-0.15, -0.1) is 0 Å². The van der Waals surface area contributed by atoms with Gasteiger partial charge in [-0.3, -0.25) is 4.79 Å². The minimum atomic E-state index is -2.69. The van der Waals surface area contributed by atoms with Gasteiger partial charge in [-0.25, -0.2) is 18.0 Å². The number of hydrogen-bond acceptors (Lipinski definition) is 4. The number of nitrogens with one attached hydrogen (secondary N) is 1. The van der Waals surface area contributed by atoms with Crippen LogP contribution in [0, 0.1) is 5.82 Å². The van der Waals surface area contributed by atoms with Gasteiger partial charge < -0.3 is 14.8 Å². The van der Waals surface area contributed by atoms with Crippen LogP contribution >= 0.6 is 0 Å². The third-order valence-corrected chi connectivity index (χ3v) is 5.24. The molecular weight excluding hydrogens is 435 g/mol. The number of aromatic carboxylic acids is 1. The van der Waals surface area contributed by atoms with Crippen molar-refractivity contribution in [2.75, 3.05) is 5.32 Å². The molecule has 0 fully saturated rings. The molecule has 0 spiro atoms. The maximum Gasteiger partial charge on any atom is 0.337 e. The normalized spacial score (nSPS) is 12.2. The third kappa shape index (κ3) is 4.45. The van der Waals surface area contributed by atoms with E-state index in [-0.39, 0.29) is 39.0 Å². The molecule has 0 aliphatic carbocycles. The first-order valence-electron chi connectivity index (χ1n) is 9.99. The average molecular weight is 453 g/mol. The van der Waals surface area contributed by atoms with Crippen LogP contribution in [0.4, 0.5) is 18.9 Å². The zero-order valence-electron chi connectivity index (χ0n) is 17.3. The van der Waals surface area contributed by atoms with Crippen molar-refractivity contribution in [1.29, 1.82) is 0 Å². The topological polar surface area (TPSA) is 79.5 Å². The number of carboxylic acid groups (broad SMARTS) is 1. The van der Waals surface area contributed by atoms with Gasteiger partial charge in [-0.05, 0) is 37.3 Å². The summed E-state index contributed by atoms with van der Waals surface area (Å²) < 4.78 is 46.5.